The number of fused-ring (bicyclic) bond motifs is 2. The Bertz CT molecular complexity index is 1160. The van der Waals surface area contributed by atoms with E-state index in [4.69, 9.17) is 14.5 Å². The summed E-state index contributed by atoms with van der Waals surface area (Å²) in [5, 5.41) is 4.93. The minimum absolute atomic E-state index is 0.0992. The summed E-state index contributed by atoms with van der Waals surface area (Å²) in [5.74, 6) is 1.32. The van der Waals surface area contributed by atoms with E-state index in [1.165, 1.54) is 16.9 Å². The second kappa shape index (κ2) is 8.49. The van der Waals surface area contributed by atoms with E-state index in [2.05, 4.69) is 10.2 Å². The highest BCUT2D eigenvalue weighted by Gasteiger charge is 2.26. The molecule has 5 rings (SSSR count). The zero-order valence-corrected chi connectivity index (χ0v) is 19.0. The standard InChI is InChI=1S/C26H30FN3O2/c1-16-6-4-9-22(25(16)27)30-12-10-17(11-13-30)28-26-18-7-5-8-20(18)29-21-15-24(32-3)23(31-2)14-19(21)26/h4,6,9,14-15,17H,5,7-8,10-13H2,1-3H3,(H,28,29). The summed E-state index contributed by atoms with van der Waals surface area (Å²) in [5.41, 5.74) is 6.05. The summed E-state index contributed by atoms with van der Waals surface area (Å²) < 4.78 is 25.7. The van der Waals surface area contributed by atoms with Gasteiger partial charge in [-0.2, -0.15) is 0 Å². The maximum atomic E-state index is 14.6. The Morgan fingerprint density at radius 3 is 2.56 bits per heavy atom. The van der Waals surface area contributed by atoms with Crippen LogP contribution in [0, 0.1) is 12.7 Å². The van der Waals surface area contributed by atoms with E-state index in [0.717, 1.165) is 61.8 Å². The van der Waals surface area contributed by atoms with Crippen LogP contribution < -0.4 is 19.7 Å². The van der Waals surface area contributed by atoms with Gasteiger partial charge in [0.05, 0.1) is 25.4 Å². The number of methoxy groups -OCH3 is 2. The first-order valence-electron chi connectivity index (χ1n) is 11.4. The zero-order chi connectivity index (χ0) is 22.2. The molecular weight excluding hydrogens is 405 g/mol. The summed E-state index contributed by atoms with van der Waals surface area (Å²) in [7, 11) is 3.32. The van der Waals surface area contributed by atoms with Gasteiger partial charge in [0.2, 0.25) is 0 Å². The largest absolute Gasteiger partial charge is 0.493 e. The first-order chi connectivity index (χ1) is 15.6. The van der Waals surface area contributed by atoms with E-state index < -0.39 is 0 Å². The second-order valence-corrected chi connectivity index (χ2v) is 8.80. The van der Waals surface area contributed by atoms with Gasteiger partial charge in [-0.05, 0) is 62.3 Å². The number of aryl methyl sites for hydroxylation is 2. The molecule has 168 valence electrons. The van der Waals surface area contributed by atoms with Crippen molar-refractivity contribution in [2.24, 2.45) is 0 Å². The lowest BCUT2D eigenvalue weighted by Gasteiger charge is -2.35. The van der Waals surface area contributed by atoms with Crippen molar-refractivity contribution in [1.82, 2.24) is 4.98 Å². The molecule has 2 aromatic carbocycles. The van der Waals surface area contributed by atoms with Crippen molar-refractivity contribution in [1.29, 1.82) is 0 Å². The van der Waals surface area contributed by atoms with Crippen molar-refractivity contribution in [2.45, 2.75) is 45.1 Å². The van der Waals surface area contributed by atoms with E-state index in [0.29, 0.717) is 23.1 Å². The molecular formula is C26H30FN3O2. The molecule has 0 radical (unpaired) electrons. The molecule has 32 heavy (non-hydrogen) atoms. The number of hydrogen-bond acceptors (Lipinski definition) is 5. The van der Waals surface area contributed by atoms with Crippen molar-refractivity contribution in [3.8, 4) is 11.5 Å². The fraction of sp³-hybridized carbons (Fsp3) is 0.423. The third-order valence-corrected chi connectivity index (χ3v) is 6.87. The SMILES string of the molecule is COc1cc2nc3c(c(NC4CCN(c5cccc(C)c5F)CC4)c2cc1OC)CCC3. The molecule has 0 spiro atoms. The fourth-order valence-electron chi connectivity index (χ4n) is 5.10. The highest BCUT2D eigenvalue weighted by molar-refractivity contribution is 5.96. The Morgan fingerprint density at radius 1 is 1.06 bits per heavy atom. The maximum Gasteiger partial charge on any atom is 0.162 e. The van der Waals surface area contributed by atoms with Crippen molar-refractivity contribution in [3.63, 3.8) is 0 Å². The van der Waals surface area contributed by atoms with Crippen LogP contribution in [0.3, 0.4) is 0 Å². The second-order valence-electron chi connectivity index (χ2n) is 8.80. The van der Waals surface area contributed by atoms with Crippen LogP contribution in [0.2, 0.25) is 0 Å². The molecule has 0 atom stereocenters. The minimum Gasteiger partial charge on any atom is -0.493 e. The number of benzene rings is 2. The van der Waals surface area contributed by atoms with E-state index in [-0.39, 0.29) is 5.82 Å². The molecule has 0 bridgehead atoms. The Kier molecular flexibility index (Phi) is 5.53. The molecule has 2 heterocycles. The Hall–Kier alpha value is -3.02. The maximum absolute atomic E-state index is 14.6. The summed E-state index contributed by atoms with van der Waals surface area (Å²) in [6, 6.07) is 10.00. The van der Waals surface area contributed by atoms with Crippen molar-refractivity contribution in [3.05, 3.63) is 53.0 Å². The van der Waals surface area contributed by atoms with Gasteiger partial charge < -0.3 is 19.7 Å². The third kappa shape index (κ3) is 3.61. The van der Waals surface area contributed by atoms with Crippen LogP contribution in [-0.2, 0) is 12.8 Å². The number of aromatic nitrogens is 1. The van der Waals surface area contributed by atoms with Crippen LogP contribution in [0.15, 0.2) is 30.3 Å². The average molecular weight is 436 g/mol. The first-order valence-corrected chi connectivity index (χ1v) is 11.4. The highest BCUT2D eigenvalue weighted by atomic mass is 19.1. The minimum atomic E-state index is -0.0992. The summed E-state index contributed by atoms with van der Waals surface area (Å²) >= 11 is 0. The van der Waals surface area contributed by atoms with Gasteiger partial charge in [-0.1, -0.05) is 12.1 Å². The molecule has 1 N–H and O–H groups in total. The number of anilines is 2. The third-order valence-electron chi connectivity index (χ3n) is 6.87. The molecule has 1 aliphatic heterocycles. The van der Waals surface area contributed by atoms with Gasteiger partial charge in [0, 0.05) is 42.0 Å². The molecule has 3 aromatic rings. The lowest BCUT2D eigenvalue weighted by molar-refractivity contribution is 0.356. The fourth-order valence-corrected chi connectivity index (χ4v) is 5.10. The van der Waals surface area contributed by atoms with Crippen molar-refractivity contribution >= 4 is 22.3 Å². The number of pyridine rings is 1. The van der Waals surface area contributed by atoms with E-state index in [1.807, 2.05) is 37.3 Å². The monoisotopic (exact) mass is 435 g/mol. The number of ether oxygens (including phenoxy) is 2. The predicted molar refractivity (Wildman–Crippen MR) is 127 cm³/mol. The highest BCUT2D eigenvalue weighted by Crippen LogP contribution is 2.40. The first kappa shape index (κ1) is 20.9. The number of rotatable bonds is 5. The van der Waals surface area contributed by atoms with E-state index >= 15 is 0 Å². The molecule has 1 fully saturated rings. The van der Waals surface area contributed by atoms with Gasteiger partial charge in [0.15, 0.2) is 11.5 Å². The number of nitrogens with zero attached hydrogens (tertiary/aromatic N) is 2. The van der Waals surface area contributed by atoms with Crippen LogP contribution in [-0.4, -0.2) is 38.3 Å². The van der Waals surface area contributed by atoms with Crippen LogP contribution in [0.25, 0.3) is 10.9 Å². The number of halogens is 1. The average Bonchev–Trinajstić information content (AvgIpc) is 3.29. The van der Waals surface area contributed by atoms with Crippen molar-refractivity contribution < 1.29 is 13.9 Å². The number of hydrogen-bond donors (Lipinski definition) is 1. The van der Waals surface area contributed by atoms with E-state index in [9.17, 15) is 4.39 Å². The molecule has 0 amide bonds. The van der Waals surface area contributed by atoms with Crippen LogP contribution in [0.5, 0.6) is 11.5 Å². The van der Waals surface area contributed by atoms with Crippen molar-refractivity contribution in [2.75, 3.05) is 37.5 Å². The smallest absolute Gasteiger partial charge is 0.162 e. The molecule has 0 unspecified atom stereocenters. The van der Waals surface area contributed by atoms with Crippen LogP contribution in [0.4, 0.5) is 15.8 Å². The molecule has 2 aliphatic rings. The van der Waals surface area contributed by atoms with Gasteiger partial charge in [-0.25, -0.2) is 4.39 Å². The topological polar surface area (TPSA) is 46.6 Å². The zero-order valence-electron chi connectivity index (χ0n) is 19.0. The Labute approximate surface area is 188 Å². The number of nitrogens with one attached hydrogen (secondary N) is 1. The van der Waals surface area contributed by atoms with Crippen LogP contribution in [0.1, 0.15) is 36.1 Å². The molecule has 1 aliphatic carbocycles. The summed E-state index contributed by atoms with van der Waals surface area (Å²) in [6.45, 7) is 3.49. The molecule has 1 saturated heterocycles. The molecule has 1 aromatic heterocycles. The summed E-state index contributed by atoms with van der Waals surface area (Å²) in [6.07, 6.45) is 5.10. The van der Waals surface area contributed by atoms with Gasteiger partial charge in [0.1, 0.15) is 5.82 Å². The normalized spacial score (nSPS) is 16.3. The quantitative estimate of drug-likeness (QED) is 0.592. The lowest BCUT2D eigenvalue weighted by Crippen LogP contribution is -2.39. The molecule has 5 nitrogen and oxygen atoms in total. The lowest BCUT2D eigenvalue weighted by atomic mass is 10.0. The van der Waals surface area contributed by atoms with Gasteiger partial charge in [0.25, 0.3) is 0 Å². The van der Waals surface area contributed by atoms with Gasteiger partial charge >= 0.3 is 0 Å². The Balaban J connectivity index is 1.42. The summed E-state index contributed by atoms with van der Waals surface area (Å²) in [4.78, 5) is 7.11. The van der Waals surface area contributed by atoms with Gasteiger partial charge in [-0.15, -0.1) is 0 Å². The predicted octanol–water partition coefficient (Wildman–Crippen LogP) is 5.27. The van der Waals surface area contributed by atoms with E-state index in [1.54, 1.807) is 14.2 Å². The van der Waals surface area contributed by atoms with Gasteiger partial charge in [-0.3, -0.25) is 4.98 Å². The molecule has 6 heteroatoms. The Morgan fingerprint density at radius 2 is 1.81 bits per heavy atom. The molecule has 0 saturated carbocycles. The van der Waals surface area contributed by atoms with Crippen LogP contribution >= 0.6 is 0 Å². The number of piperidine rings is 1.